The van der Waals surface area contributed by atoms with Crippen LogP contribution in [0.25, 0.3) is 0 Å². The van der Waals surface area contributed by atoms with Crippen LogP contribution in [0.1, 0.15) is 18.4 Å². The third-order valence-corrected chi connectivity index (χ3v) is 3.81. The van der Waals surface area contributed by atoms with Crippen molar-refractivity contribution >= 4 is 5.82 Å². The molecule has 2 rings (SSSR count). The molecule has 1 aliphatic rings. The smallest absolute Gasteiger partial charge is 0.142 e. The number of halogens is 1. The van der Waals surface area contributed by atoms with Gasteiger partial charge < -0.3 is 14.9 Å². The molecule has 0 aliphatic carbocycles. The Kier molecular flexibility index (Phi) is 4.71. The molecule has 0 spiro atoms. The Balaban J connectivity index is 2.01. The molecule has 1 N–H and O–H groups in total. The topological polar surface area (TPSA) is 39.6 Å². The van der Waals surface area contributed by atoms with Crippen LogP contribution in [0, 0.1) is 11.7 Å². The SMILES string of the molecule is CN1CCC(CN(C)c2ncc(F)cc2CO)CC1. The zero-order valence-corrected chi connectivity index (χ0v) is 11.6. The fourth-order valence-electron chi connectivity index (χ4n) is 2.65. The van der Waals surface area contributed by atoms with E-state index in [2.05, 4.69) is 16.9 Å². The molecule has 1 fully saturated rings. The molecule has 19 heavy (non-hydrogen) atoms. The molecule has 0 unspecified atom stereocenters. The first-order valence-corrected chi connectivity index (χ1v) is 6.75. The van der Waals surface area contributed by atoms with Crippen LogP contribution >= 0.6 is 0 Å². The van der Waals surface area contributed by atoms with Crippen molar-refractivity contribution in [2.45, 2.75) is 19.4 Å². The van der Waals surface area contributed by atoms with Crippen LogP contribution in [0.3, 0.4) is 0 Å². The van der Waals surface area contributed by atoms with Crippen molar-refractivity contribution in [2.24, 2.45) is 5.92 Å². The maximum atomic E-state index is 13.1. The lowest BCUT2D eigenvalue weighted by atomic mass is 9.96. The number of aliphatic hydroxyl groups is 1. The second kappa shape index (κ2) is 6.30. The van der Waals surface area contributed by atoms with Crippen LogP contribution in [0.2, 0.25) is 0 Å². The van der Waals surface area contributed by atoms with Crippen LogP contribution in [-0.4, -0.2) is 48.7 Å². The monoisotopic (exact) mass is 267 g/mol. The molecule has 0 amide bonds. The van der Waals surface area contributed by atoms with Crippen molar-refractivity contribution in [3.8, 4) is 0 Å². The molecular formula is C14H22FN3O. The molecule has 0 bridgehead atoms. The summed E-state index contributed by atoms with van der Waals surface area (Å²) >= 11 is 0. The Morgan fingerprint density at radius 2 is 2.16 bits per heavy atom. The van der Waals surface area contributed by atoms with E-state index in [4.69, 9.17) is 0 Å². The molecule has 106 valence electrons. The van der Waals surface area contributed by atoms with Gasteiger partial charge in [-0.1, -0.05) is 0 Å². The quantitative estimate of drug-likeness (QED) is 0.897. The highest BCUT2D eigenvalue weighted by molar-refractivity contribution is 5.45. The van der Waals surface area contributed by atoms with E-state index in [1.165, 1.54) is 25.1 Å². The Morgan fingerprint density at radius 1 is 1.47 bits per heavy atom. The molecule has 1 aromatic heterocycles. The van der Waals surface area contributed by atoms with Gasteiger partial charge in [0.15, 0.2) is 0 Å². The largest absolute Gasteiger partial charge is 0.392 e. The number of nitrogens with zero attached hydrogens (tertiary/aromatic N) is 3. The van der Waals surface area contributed by atoms with Crippen molar-refractivity contribution < 1.29 is 9.50 Å². The lowest BCUT2D eigenvalue weighted by Gasteiger charge is -2.32. The number of aromatic nitrogens is 1. The normalized spacial score (nSPS) is 17.7. The summed E-state index contributed by atoms with van der Waals surface area (Å²) in [5, 5.41) is 9.29. The second-order valence-electron chi connectivity index (χ2n) is 5.42. The Bertz CT molecular complexity index is 419. The van der Waals surface area contributed by atoms with Gasteiger partial charge in [0, 0.05) is 19.2 Å². The van der Waals surface area contributed by atoms with Crippen molar-refractivity contribution in [2.75, 3.05) is 38.6 Å². The summed E-state index contributed by atoms with van der Waals surface area (Å²) in [6, 6.07) is 1.35. The predicted molar refractivity (Wildman–Crippen MR) is 73.6 cm³/mol. The minimum atomic E-state index is -0.402. The van der Waals surface area contributed by atoms with Gasteiger partial charge >= 0.3 is 0 Å². The Labute approximate surface area is 113 Å². The van der Waals surface area contributed by atoms with E-state index < -0.39 is 5.82 Å². The lowest BCUT2D eigenvalue weighted by Crippen LogP contribution is -2.36. The van der Waals surface area contributed by atoms with E-state index >= 15 is 0 Å². The number of likely N-dealkylation sites (tertiary alicyclic amines) is 1. The Morgan fingerprint density at radius 3 is 2.79 bits per heavy atom. The van der Waals surface area contributed by atoms with Gasteiger partial charge in [-0.15, -0.1) is 0 Å². The van der Waals surface area contributed by atoms with Gasteiger partial charge in [0.1, 0.15) is 11.6 Å². The van der Waals surface area contributed by atoms with E-state index in [9.17, 15) is 9.50 Å². The highest BCUT2D eigenvalue weighted by Crippen LogP contribution is 2.22. The first kappa shape index (κ1) is 14.2. The van der Waals surface area contributed by atoms with E-state index in [1.54, 1.807) is 0 Å². The molecule has 0 atom stereocenters. The average Bonchev–Trinajstić information content (AvgIpc) is 2.41. The van der Waals surface area contributed by atoms with Crippen LogP contribution in [0.4, 0.5) is 10.2 Å². The number of hydrogen-bond acceptors (Lipinski definition) is 4. The van der Waals surface area contributed by atoms with Gasteiger partial charge in [0.2, 0.25) is 0 Å². The average molecular weight is 267 g/mol. The van der Waals surface area contributed by atoms with Gasteiger partial charge in [0.05, 0.1) is 12.8 Å². The molecule has 0 saturated carbocycles. The fraction of sp³-hybridized carbons (Fsp3) is 0.643. The first-order chi connectivity index (χ1) is 9.10. The fourth-order valence-corrected chi connectivity index (χ4v) is 2.65. The van der Waals surface area contributed by atoms with Gasteiger partial charge in [-0.2, -0.15) is 0 Å². The third-order valence-electron chi connectivity index (χ3n) is 3.81. The van der Waals surface area contributed by atoms with Crippen LogP contribution in [0.15, 0.2) is 12.3 Å². The second-order valence-corrected chi connectivity index (χ2v) is 5.42. The summed E-state index contributed by atoms with van der Waals surface area (Å²) in [5.74, 6) is 0.919. The standard InChI is InChI=1S/C14H22FN3O/c1-17-5-3-11(4-6-17)9-18(2)14-12(10-19)7-13(15)8-16-14/h7-8,11,19H,3-6,9-10H2,1-2H3. The number of anilines is 1. The van der Waals surface area contributed by atoms with E-state index in [1.807, 2.05) is 11.9 Å². The maximum absolute atomic E-state index is 13.1. The molecule has 1 aromatic rings. The minimum absolute atomic E-state index is 0.183. The summed E-state index contributed by atoms with van der Waals surface area (Å²) in [6.45, 7) is 2.97. The van der Waals surface area contributed by atoms with Crippen LogP contribution in [0.5, 0.6) is 0 Å². The van der Waals surface area contributed by atoms with Crippen LogP contribution < -0.4 is 4.90 Å². The molecule has 5 heteroatoms. The maximum Gasteiger partial charge on any atom is 0.142 e. The van der Waals surface area contributed by atoms with Crippen molar-refractivity contribution in [1.29, 1.82) is 0 Å². The van der Waals surface area contributed by atoms with E-state index in [-0.39, 0.29) is 6.61 Å². The summed E-state index contributed by atoms with van der Waals surface area (Å²) in [7, 11) is 4.10. The number of pyridine rings is 1. The first-order valence-electron chi connectivity index (χ1n) is 6.75. The van der Waals surface area contributed by atoms with Crippen LogP contribution in [-0.2, 0) is 6.61 Å². The Hall–Kier alpha value is -1.20. The summed E-state index contributed by atoms with van der Waals surface area (Å²) in [5.41, 5.74) is 0.551. The zero-order chi connectivity index (χ0) is 13.8. The summed E-state index contributed by atoms with van der Waals surface area (Å²) in [4.78, 5) is 8.48. The van der Waals surface area contributed by atoms with Crippen molar-refractivity contribution in [3.05, 3.63) is 23.6 Å². The van der Waals surface area contributed by atoms with Gasteiger partial charge in [-0.25, -0.2) is 9.37 Å². The summed E-state index contributed by atoms with van der Waals surface area (Å²) in [6.07, 6.45) is 3.56. The minimum Gasteiger partial charge on any atom is -0.392 e. The summed E-state index contributed by atoms with van der Waals surface area (Å²) < 4.78 is 13.1. The van der Waals surface area contributed by atoms with Crippen molar-refractivity contribution in [3.63, 3.8) is 0 Å². The molecule has 1 aliphatic heterocycles. The van der Waals surface area contributed by atoms with E-state index in [0.717, 1.165) is 19.6 Å². The molecule has 4 nitrogen and oxygen atoms in total. The molecular weight excluding hydrogens is 245 g/mol. The molecule has 1 saturated heterocycles. The van der Waals surface area contributed by atoms with Gasteiger partial charge in [0.25, 0.3) is 0 Å². The van der Waals surface area contributed by atoms with Crippen molar-refractivity contribution in [1.82, 2.24) is 9.88 Å². The highest BCUT2D eigenvalue weighted by Gasteiger charge is 2.19. The van der Waals surface area contributed by atoms with E-state index in [0.29, 0.717) is 17.3 Å². The number of rotatable bonds is 4. The number of piperidine rings is 1. The zero-order valence-electron chi connectivity index (χ0n) is 11.6. The van der Waals surface area contributed by atoms with Gasteiger partial charge in [-0.3, -0.25) is 0 Å². The number of hydrogen-bond donors (Lipinski definition) is 1. The number of aliphatic hydroxyl groups excluding tert-OH is 1. The lowest BCUT2D eigenvalue weighted by molar-refractivity contribution is 0.222. The third kappa shape index (κ3) is 3.64. The predicted octanol–water partition coefficient (Wildman–Crippen LogP) is 1.49. The molecule has 0 radical (unpaired) electrons. The molecule has 2 heterocycles. The highest BCUT2D eigenvalue weighted by atomic mass is 19.1. The van der Waals surface area contributed by atoms with Gasteiger partial charge in [-0.05, 0) is 45.0 Å². The molecule has 0 aromatic carbocycles.